The number of benzene rings is 1. The zero-order valence-electron chi connectivity index (χ0n) is 12.7. The molecule has 0 radical (unpaired) electrons. The maximum Gasteiger partial charge on any atom is 0.338 e. The van der Waals surface area contributed by atoms with Gasteiger partial charge in [0.1, 0.15) is 11.9 Å². The molecule has 2 aliphatic rings. The number of nitrogens with zero attached hydrogens (tertiary/aromatic N) is 2. The molecular weight excluding hydrogens is 319 g/mol. The normalized spacial score (nSPS) is 21.0. The molecule has 0 bridgehead atoms. The standard InChI is InChI=1S/C16H15FN2O3S/c1-9-13(15(21)22-2)14(10-5-3-4-6-11(10)17)19-12(20)7-8-23-16(19)18-9/h3-6,14H,7-8H2,1-2H3/t14-/m0/s1. The number of thioether (sulfide) groups is 1. The Bertz CT molecular complexity index is 745. The molecule has 3 rings (SSSR count). The van der Waals surface area contributed by atoms with Crippen LogP contribution >= 0.6 is 11.8 Å². The lowest BCUT2D eigenvalue weighted by molar-refractivity contribution is -0.137. The first-order chi connectivity index (χ1) is 11.0. The van der Waals surface area contributed by atoms with Gasteiger partial charge in [0.15, 0.2) is 5.17 Å². The summed E-state index contributed by atoms with van der Waals surface area (Å²) in [7, 11) is 1.26. The molecule has 0 unspecified atom stereocenters. The van der Waals surface area contributed by atoms with Crippen LogP contribution in [0.25, 0.3) is 0 Å². The molecule has 1 saturated heterocycles. The number of carbonyl (C=O) groups is 2. The highest BCUT2D eigenvalue weighted by atomic mass is 32.2. The van der Waals surface area contributed by atoms with Gasteiger partial charge in [0.2, 0.25) is 5.91 Å². The van der Waals surface area contributed by atoms with E-state index in [4.69, 9.17) is 4.74 Å². The van der Waals surface area contributed by atoms with E-state index >= 15 is 0 Å². The monoisotopic (exact) mass is 334 g/mol. The second-order valence-corrected chi connectivity index (χ2v) is 6.23. The molecule has 5 nitrogen and oxygen atoms in total. The number of ether oxygens (including phenoxy) is 1. The molecule has 1 atom stereocenters. The van der Waals surface area contributed by atoms with Gasteiger partial charge in [-0.25, -0.2) is 14.2 Å². The molecule has 0 aromatic heterocycles. The summed E-state index contributed by atoms with van der Waals surface area (Å²) >= 11 is 1.43. The molecule has 0 N–H and O–H groups in total. The number of hydrogen-bond acceptors (Lipinski definition) is 5. The van der Waals surface area contributed by atoms with Crippen LogP contribution in [0.15, 0.2) is 40.5 Å². The fourth-order valence-electron chi connectivity index (χ4n) is 2.76. The Balaban J connectivity index is 2.22. The van der Waals surface area contributed by atoms with Gasteiger partial charge in [0.25, 0.3) is 0 Å². The minimum Gasteiger partial charge on any atom is -0.466 e. The fourth-order valence-corrected chi connectivity index (χ4v) is 3.77. The van der Waals surface area contributed by atoms with E-state index in [2.05, 4.69) is 4.99 Å². The highest BCUT2D eigenvalue weighted by molar-refractivity contribution is 8.14. The Hall–Kier alpha value is -2.15. The fraction of sp³-hybridized carbons (Fsp3) is 0.312. The average Bonchev–Trinajstić information content (AvgIpc) is 2.54. The topological polar surface area (TPSA) is 59.0 Å². The number of aliphatic imine (C=N–C) groups is 1. The van der Waals surface area contributed by atoms with Gasteiger partial charge in [0.05, 0.1) is 18.4 Å². The van der Waals surface area contributed by atoms with Crippen molar-refractivity contribution >= 4 is 28.8 Å². The van der Waals surface area contributed by atoms with E-state index in [1.54, 1.807) is 25.1 Å². The van der Waals surface area contributed by atoms with Crippen molar-refractivity contribution in [2.75, 3.05) is 12.9 Å². The molecule has 0 spiro atoms. The molecule has 1 amide bonds. The first-order valence-electron chi connectivity index (χ1n) is 7.11. The van der Waals surface area contributed by atoms with Gasteiger partial charge in [-0.2, -0.15) is 0 Å². The zero-order chi connectivity index (χ0) is 16.6. The predicted molar refractivity (Wildman–Crippen MR) is 85.2 cm³/mol. The summed E-state index contributed by atoms with van der Waals surface area (Å²) in [6, 6.07) is 5.28. The third kappa shape index (κ3) is 2.65. The number of amides is 1. The van der Waals surface area contributed by atoms with Crippen LogP contribution in [0.2, 0.25) is 0 Å². The molecule has 120 valence electrons. The lowest BCUT2D eigenvalue weighted by Gasteiger charge is -2.38. The van der Waals surface area contributed by atoms with E-state index < -0.39 is 17.8 Å². The first kappa shape index (κ1) is 15.7. The van der Waals surface area contributed by atoms with Gasteiger partial charge in [-0.15, -0.1) is 0 Å². The van der Waals surface area contributed by atoms with Crippen molar-refractivity contribution in [3.05, 3.63) is 46.9 Å². The molecule has 23 heavy (non-hydrogen) atoms. The maximum atomic E-state index is 14.4. The number of esters is 1. The van der Waals surface area contributed by atoms with E-state index in [-0.39, 0.29) is 17.0 Å². The second-order valence-electron chi connectivity index (χ2n) is 5.17. The highest BCUT2D eigenvalue weighted by Crippen LogP contribution is 2.40. The van der Waals surface area contributed by atoms with Crippen LogP contribution in [-0.2, 0) is 14.3 Å². The lowest BCUT2D eigenvalue weighted by Crippen LogP contribution is -2.46. The summed E-state index contributed by atoms with van der Waals surface area (Å²) in [5.41, 5.74) is 0.895. The molecule has 2 aliphatic heterocycles. The minimum atomic E-state index is -0.851. The van der Waals surface area contributed by atoms with Crippen LogP contribution in [0.4, 0.5) is 4.39 Å². The van der Waals surface area contributed by atoms with Crippen LogP contribution in [0.3, 0.4) is 0 Å². The SMILES string of the molecule is COC(=O)C1=C(C)N=C2SCCC(=O)N2[C@H]1c1ccccc1F. The molecule has 1 fully saturated rings. The third-order valence-corrected chi connectivity index (χ3v) is 4.77. The summed E-state index contributed by atoms with van der Waals surface area (Å²) in [4.78, 5) is 30.4. The van der Waals surface area contributed by atoms with Gasteiger partial charge in [0, 0.05) is 17.7 Å². The van der Waals surface area contributed by atoms with Crippen LogP contribution in [0, 0.1) is 5.82 Å². The van der Waals surface area contributed by atoms with E-state index in [1.807, 2.05) is 0 Å². The quantitative estimate of drug-likeness (QED) is 0.780. The first-order valence-corrected chi connectivity index (χ1v) is 8.10. The number of carbonyl (C=O) groups excluding carboxylic acids is 2. The number of halogens is 1. The van der Waals surface area contributed by atoms with Crippen LogP contribution in [0.5, 0.6) is 0 Å². The summed E-state index contributed by atoms with van der Waals surface area (Å²) in [6.07, 6.45) is 0.322. The van der Waals surface area contributed by atoms with E-state index in [0.29, 0.717) is 23.0 Å². The molecular formula is C16H15FN2O3S. The van der Waals surface area contributed by atoms with Gasteiger partial charge in [-0.1, -0.05) is 30.0 Å². The van der Waals surface area contributed by atoms with Crippen LogP contribution < -0.4 is 0 Å². The van der Waals surface area contributed by atoms with E-state index in [1.165, 1.54) is 29.8 Å². The predicted octanol–water partition coefficient (Wildman–Crippen LogP) is 2.65. The second kappa shape index (κ2) is 6.16. The Labute approximate surface area is 137 Å². The van der Waals surface area contributed by atoms with Gasteiger partial charge in [-0.05, 0) is 13.0 Å². The van der Waals surface area contributed by atoms with Crippen molar-refractivity contribution in [3.63, 3.8) is 0 Å². The lowest BCUT2D eigenvalue weighted by atomic mass is 9.94. The van der Waals surface area contributed by atoms with Crippen molar-refractivity contribution in [2.24, 2.45) is 4.99 Å². The van der Waals surface area contributed by atoms with E-state index in [0.717, 1.165) is 0 Å². The summed E-state index contributed by atoms with van der Waals surface area (Å²) in [5, 5.41) is 0.500. The number of methoxy groups -OCH3 is 1. The van der Waals surface area contributed by atoms with Crippen molar-refractivity contribution < 1.29 is 18.7 Å². The smallest absolute Gasteiger partial charge is 0.338 e. The number of hydrogen-bond donors (Lipinski definition) is 0. The number of allylic oxidation sites excluding steroid dienone is 1. The molecule has 7 heteroatoms. The maximum absolute atomic E-state index is 14.4. The van der Waals surface area contributed by atoms with Gasteiger partial charge in [-0.3, -0.25) is 9.69 Å². The largest absolute Gasteiger partial charge is 0.466 e. The van der Waals surface area contributed by atoms with Gasteiger partial charge < -0.3 is 4.74 Å². The molecule has 2 heterocycles. The van der Waals surface area contributed by atoms with Crippen LogP contribution in [0.1, 0.15) is 24.9 Å². The zero-order valence-corrected chi connectivity index (χ0v) is 13.5. The van der Waals surface area contributed by atoms with Gasteiger partial charge >= 0.3 is 5.97 Å². The minimum absolute atomic E-state index is 0.176. The van der Waals surface area contributed by atoms with Crippen molar-refractivity contribution in [3.8, 4) is 0 Å². The molecule has 0 saturated carbocycles. The molecule has 0 aliphatic carbocycles. The van der Waals surface area contributed by atoms with Crippen molar-refractivity contribution in [2.45, 2.75) is 19.4 Å². The molecule has 1 aromatic carbocycles. The Kier molecular flexibility index (Phi) is 4.21. The van der Waals surface area contributed by atoms with E-state index in [9.17, 15) is 14.0 Å². The molecule has 1 aromatic rings. The van der Waals surface area contributed by atoms with Crippen molar-refractivity contribution in [1.29, 1.82) is 0 Å². The highest BCUT2D eigenvalue weighted by Gasteiger charge is 2.42. The number of rotatable bonds is 2. The average molecular weight is 334 g/mol. The Morgan fingerprint density at radius 2 is 2.17 bits per heavy atom. The number of amidine groups is 1. The van der Waals surface area contributed by atoms with Crippen molar-refractivity contribution in [1.82, 2.24) is 4.90 Å². The number of fused-ring (bicyclic) bond motifs is 1. The van der Waals surface area contributed by atoms with Crippen LogP contribution in [-0.4, -0.2) is 34.8 Å². The Morgan fingerprint density at radius 3 is 2.87 bits per heavy atom. The third-order valence-electron chi connectivity index (χ3n) is 3.81. The Morgan fingerprint density at radius 1 is 1.43 bits per heavy atom. The summed E-state index contributed by atoms with van der Waals surface area (Å²) < 4.78 is 19.2. The summed E-state index contributed by atoms with van der Waals surface area (Å²) in [6.45, 7) is 1.67. The summed E-state index contributed by atoms with van der Waals surface area (Å²) in [5.74, 6) is -0.637.